The second kappa shape index (κ2) is 5.93. The summed E-state index contributed by atoms with van der Waals surface area (Å²) in [7, 11) is 0. The first kappa shape index (κ1) is 12.3. The van der Waals surface area contributed by atoms with Crippen molar-refractivity contribution in [2.75, 3.05) is 19.8 Å². The minimum absolute atomic E-state index is 0.0941. The molecule has 5 heteroatoms. The van der Waals surface area contributed by atoms with Crippen LogP contribution in [0, 0.1) is 0 Å². The standard InChI is InChI=1S/C12H19N3O2/c1-2-6-17-7-5-15-9-14-11-8-13-4-3-10(11)12(15)16/h9,13H,2-8H2,1H3. The van der Waals surface area contributed by atoms with Crippen molar-refractivity contribution in [1.29, 1.82) is 0 Å². The topological polar surface area (TPSA) is 56.2 Å². The molecule has 0 atom stereocenters. The summed E-state index contributed by atoms with van der Waals surface area (Å²) in [4.78, 5) is 16.4. The zero-order valence-electron chi connectivity index (χ0n) is 10.2. The van der Waals surface area contributed by atoms with Crippen molar-refractivity contribution in [3.05, 3.63) is 27.9 Å². The molecule has 0 amide bonds. The average molecular weight is 237 g/mol. The average Bonchev–Trinajstić information content (AvgIpc) is 2.37. The quantitative estimate of drug-likeness (QED) is 0.749. The van der Waals surface area contributed by atoms with E-state index in [1.54, 1.807) is 10.9 Å². The van der Waals surface area contributed by atoms with Gasteiger partial charge in [0.1, 0.15) is 0 Å². The minimum Gasteiger partial charge on any atom is -0.380 e. The van der Waals surface area contributed by atoms with E-state index in [1.807, 2.05) is 0 Å². The number of aromatic nitrogens is 2. The number of nitrogens with zero attached hydrogens (tertiary/aromatic N) is 2. The van der Waals surface area contributed by atoms with E-state index in [0.29, 0.717) is 19.7 Å². The lowest BCUT2D eigenvalue weighted by atomic mass is 10.1. The van der Waals surface area contributed by atoms with Crippen LogP contribution < -0.4 is 10.9 Å². The molecule has 1 aliphatic heterocycles. The van der Waals surface area contributed by atoms with Gasteiger partial charge in [-0.1, -0.05) is 6.92 Å². The zero-order valence-corrected chi connectivity index (χ0v) is 10.2. The van der Waals surface area contributed by atoms with Crippen molar-refractivity contribution >= 4 is 0 Å². The normalized spacial score (nSPS) is 14.6. The lowest BCUT2D eigenvalue weighted by Gasteiger charge is -2.16. The summed E-state index contributed by atoms with van der Waals surface area (Å²) in [6.45, 7) is 5.55. The van der Waals surface area contributed by atoms with Gasteiger partial charge < -0.3 is 10.1 Å². The maximum atomic E-state index is 12.1. The monoisotopic (exact) mass is 237 g/mol. The Morgan fingerprint density at radius 1 is 1.53 bits per heavy atom. The molecule has 0 aromatic carbocycles. The van der Waals surface area contributed by atoms with Gasteiger partial charge in [-0.05, 0) is 19.4 Å². The molecule has 0 aliphatic carbocycles. The Kier molecular flexibility index (Phi) is 4.28. The van der Waals surface area contributed by atoms with Gasteiger partial charge in [-0.2, -0.15) is 0 Å². The molecule has 5 nitrogen and oxygen atoms in total. The first-order chi connectivity index (χ1) is 8.33. The Hall–Kier alpha value is -1.20. The summed E-state index contributed by atoms with van der Waals surface area (Å²) in [6, 6.07) is 0. The lowest BCUT2D eigenvalue weighted by Crippen LogP contribution is -2.34. The minimum atomic E-state index is 0.0941. The van der Waals surface area contributed by atoms with Gasteiger partial charge in [0.05, 0.1) is 25.2 Å². The Morgan fingerprint density at radius 3 is 3.24 bits per heavy atom. The summed E-state index contributed by atoms with van der Waals surface area (Å²) in [5, 5.41) is 3.21. The Bertz CT molecular complexity index is 428. The van der Waals surface area contributed by atoms with Crippen LogP contribution in [0.5, 0.6) is 0 Å². The lowest BCUT2D eigenvalue weighted by molar-refractivity contribution is 0.126. The van der Waals surface area contributed by atoms with E-state index in [4.69, 9.17) is 4.74 Å². The van der Waals surface area contributed by atoms with Gasteiger partial charge >= 0.3 is 0 Å². The molecular weight excluding hydrogens is 218 g/mol. The molecule has 17 heavy (non-hydrogen) atoms. The molecule has 0 unspecified atom stereocenters. The third-order valence-electron chi connectivity index (χ3n) is 2.89. The smallest absolute Gasteiger partial charge is 0.256 e. The first-order valence-electron chi connectivity index (χ1n) is 6.18. The predicted molar refractivity (Wildman–Crippen MR) is 65.0 cm³/mol. The van der Waals surface area contributed by atoms with Crippen LogP contribution in [0.15, 0.2) is 11.1 Å². The summed E-state index contributed by atoms with van der Waals surface area (Å²) >= 11 is 0. The molecule has 1 N–H and O–H groups in total. The van der Waals surface area contributed by atoms with Gasteiger partial charge in [0.2, 0.25) is 0 Å². The molecule has 0 bridgehead atoms. The highest BCUT2D eigenvalue weighted by Crippen LogP contribution is 2.05. The summed E-state index contributed by atoms with van der Waals surface area (Å²) in [5.74, 6) is 0. The van der Waals surface area contributed by atoms with Crippen molar-refractivity contribution in [2.45, 2.75) is 32.9 Å². The van der Waals surface area contributed by atoms with E-state index < -0.39 is 0 Å². The number of nitrogens with one attached hydrogen (secondary N) is 1. The largest absolute Gasteiger partial charge is 0.380 e. The van der Waals surface area contributed by atoms with Crippen LogP contribution in [0.3, 0.4) is 0 Å². The molecule has 94 valence electrons. The second-order valence-corrected chi connectivity index (χ2v) is 4.21. The third kappa shape index (κ3) is 2.92. The Morgan fingerprint density at radius 2 is 2.41 bits per heavy atom. The fraction of sp³-hybridized carbons (Fsp3) is 0.667. The highest BCUT2D eigenvalue weighted by molar-refractivity contribution is 5.19. The van der Waals surface area contributed by atoms with Crippen molar-refractivity contribution in [1.82, 2.24) is 14.9 Å². The molecule has 1 aromatic heterocycles. The highest BCUT2D eigenvalue weighted by atomic mass is 16.5. The molecule has 1 aliphatic rings. The van der Waals surface area contributed by atoms with E-state index in [1.165, 1.54) is 0 Å². The van der Waals surface area contributed by atoms with Crippen molar-refractivity contribution in [2.24, 2.45) is 0 Å². The number of ether oxygens (including phenoxy) is 1. The van der Waals surface area contributed by atoms with Crippen LogP contribution in [0.2, 0.25) is 0 Å². The fourth-order valence-electron chi connectivity index (χ4n) is 1.96. The summed E-state index contributed by atoms with van der Waals surface area (Å²) in [6.07, 6.45) is 3.41. The van der Waals surface area contributed by atoms with E-state index >= 15 is 0 Å². The molecule has 0 saturated heterocycles. The van der Waals surface area contributed by atoms with Crippen LogP contribution in [0.25, 0.3) is 0 Å². The molecule has 1 aromatic rings. The van der Waals surface area contributed by atoms with E-state index in [9.17, 15) is 4.79 Å². The molecule has 0 saturated carbocycles. The van der Waals surface area contributed by atoms with Crippen LogP contribution in [-0.2, 0) is 24.2 Å². The van der Waals surface area contributed by atoms with Crippen molar-refractivity contribution in [3.63, 3.8) is 0 Å². The van der Waals surface area contributed by atoms with E-state index in [2.05, 4.69) is 17.2 Å². The number of rotatable bonds is 5. The van der Waals surface area contributed by atoms with Gasteiger partial charge in [0.25, 0.3) is 5.56 Å². The molecular formula is C12H19N3O2. The van der Waals surface area contributed by atoms with Crippen molar-refractivity contribution in [3.8, 4) is 0 Å². The van der Waals surface area contributed by atoms with Gasteiger partial charge in [-0.3, -0.25) is 9.36 Å². The maximum Gasteiger partial charge on any atom is 0.256 e. The van der Waals surface area contributed by atoms with Gasteiger partial charge in [0, 0.05) is 18.7 Å². The molecule has 0 spiro atoms. The third-order valence-corrected chi connectivity index (χ3v) is 2.89. The molecule has 2 heterocycles. The maximum absolute atomic E-state index is 12.1. The van der Waals surface area contributed by atoms with Gasteiger partial charge in [-0.25, -0.2) is 4.98 Å². The van der Waals surface area contributed by atoms with Crippen LogP contribution >= 0.6 is 0 Å². The predicted octanol–water partition coefficient (Wildman–Crippen LogP) is 0.316. The summed E-state index contributed by atoms with van der Waals surface area (Å²) in [5.41, 5.74) is 1.85. The number of hydrogen-bond acceptors (Lipinski definition) is 4. The van der Waals surface area contributed by atoms with Crippen molar-refractivity contribution < 1.29 is 4.74 Å². The Labute approximate surface area is 101 Å². The summed E-state index contributed by atoms with van der Waals surface area (Å²) < 4.78 is 7.04. The molecule has 0 radical (unpaired) electrons. The fourth-order valence-corrected chi connectivity index (χ4v) is 1.96. The van der Waals surface area contributed by atoms with Gasteiger partial charge in [-0.15, -0.1) is 0 Å². The number of fused-ring (bicyclic) bond motifs is 1. The molecule has 2 rings (SSSR count). The van der Waals surface area contributed by atoms with Crippen LogP contribution in [-0.4, -0.2) is 29.3 Å². The zero-order chi connectivity index (χ0) is 12.1. The van der Waals surface area contributed by atoms with Crippen LogP contribution in [0.4, 0.5) is 0 Å². The van der Waals surface area contributed by atoms with Gasteiger partial charge in [0.15, 0.2) is 0 Å². The first-order valence-corrected chi connectivity index (χ1v) is 6.18. The SMILES string of the molecule is CCCOCCn1cnc2c(c1=O)CCNC2. The van der Waals surface area contributed by atoms with Crippen LogP contribution in [0.1, 0.15) is 24.6 Å². The van der Waals surface area contributed by atoms with E-state index in [0.717, 1.165) is 37.3 Å². The molecule has 0 fully saturated rings. The number of hydrogen-bond donors (Lipinski definition) is 1. The second-order valence-electron chi connectivity index (χ2n) is 4.21. The Balaban J connectivity index is 2.05. The van der Waals surface area contributed by atoms with E-state index in [-0.39, 0.29) is 5.56 Å². The highest BCUT2D eigenvalue weighted by Gasteiger charge is 2.14.